The number of carbonyl (C=O) groups excluding carboxylic acids is 1. The number of halogens is 5. The number of alkyl halides is 3. The number of carbonyl (C=O) groups is 1. The molecule has 1 aliphatic carbocycles. The highest BCUT2D eigenvalue weighted by atomic mass is 19.4. The molecule has 8 heteroatoms. The lowest BCUT2D eigenvalue weighted by Crippen LogP contribution is -2.41. The molecule has 1 aliphatic rings. The summed E-state index contributed by atoms with van der Waals surface area (Å²) < 4.78 is 64.6. The number of hydrogen-bond acceptors (Lipinski definition) is 2. The van der Waals surface area contributed by atoms with Crippen LogP contribution in [0.5, 0.6) is 0 Å². The molecule has 0 atom stereocenters. The van der Waals surface area contributed by atoms with Crippen LogP contribution in [0, 0.1) is 11.6 Å². The van der Waals surface area contributed by atoms with Crippen molar-refractivity contribution in [2.75, 3.05) is 12.3 Å². The van der Waals surface area contributed by atoms with Gasteiger partial charge in [-0.25, -0.2) is 8.78 Å². The maximum Gasteiger partial charge on any atom is 0.406 e. The molecule has 0 bridgehead atoms. The van der Waals surface area contributed by atoms with Gasteiger partial charge in [0.05, 0.1) is 5.69 Å². The Hall–Kier alpha value is -1.86. The quantitative estimate of drug-likeness (QED) is 0.688. The molecule has 1 aromatic carbocycles. The molecule has 3 nitrogen and oxygen atoms in total. The van der Waals surface area contributed by atoms with Crippen LogP contribution in [-0.4, -0.2) is 29.6 Å². The summed E-state index contributed by atoms with van der Waals surface area (Å²) in [5, 5.41) is 0. The number of nitrogens with two attached hydrogens (primary N) is 1. The Morgan fingerprint density at radius 3 is 2.40 bits per heavy atom. The van der Waals surface area contributed by atoms with Crippen molar-refractivity contribution in [2.24, 2.45) is 0 Å². The van der Waals surface area contributed by atoms with Gasteiger partial charge in [0, 0.05) is 6.04 Å². The van der Waals surface area contributed by atoms with E-state index in [-0.39, 0.29) is 0 Å². The largest absolute Gasteiger partial charge is 0.406 e. The number of benzene rings is 1. The summed E-state index contributed by atoms with van der Waals surface area (Å²) >= 11 is 0. The van der Waals surface area contributed by atoms with Gasteiger partial charge in [-0.3, -0.25) is 4.79 Å². The SMILES string of the molecule is Nc1ccc(F)c(C(=O)N(CC(F)(F)F)C2CC2)c1F. The number of amides is 1. The van der Waals surface area contributed by atoms with Gasteiger partial charge in [0.15, 0.2) is 5.82 Å². The van der Waals surface area contributed by atoms with E-state index in [9.17, 15) is 26.7 Å². The van der Waals surface area contributed by atoms with E-state index in [1.807, 2.05) is 0 Å². The fourth-order valence-electron chi connectivity index (χ4n) is 1.85. The molecule has 0 spiro atoms. The van der Waals surface area contributed by atoms with Crippen molar-refractivity contribution in [2.45, 2.75) is 25.1 Å². The maximum atomic E-state index is 13.7. The first-order valence-corrected chi connectivity index (χ1v) is 5.82. The Morgan fingerprint density at radius 1 is 1.30 bits per heavy atom. The molecule has 0 unspecified atom stereocenters. The van der Waals surface area contributed by atoms with Gasteiger partial charge in [-0.1, -0.05) is 0 Å². The molecule has 1 saturated carbocycles. The van der Waals surface area contributed by atoms with Crippen LogP contribution in [0.2, 0.25) is 0 Å². The van der Waals surface area contributed by atoms with E-state index >= 15 is 0 Å². The van der Waals surface area contributed by atoms with Gasteiger partial charge in [0.25, 0.3) is 5.91 Å². The van der Waals surface area contributed by atoms with Gasteiger partial charge >= 0.3 is 6.18 Å². The minimum absolute atomic E-state index is 0.382. The molecule has 1 fully saturated rings. The normalized spacial score (nSPS) is 15.2. The number of rotatable bonds is 3. The van der Waals surface area contributed by atoms with Crippen LogP contribution < -0.4 is 5.73 Å². The van der Waals surface area contributed by atoms with Crippen LogP contribution in [0.1, 0.15) is 23.2 Å². The molecule has 0 heterocycles. The van der Waals surface area contributed by atoms with Gasteiger partial charge < -0.3 is 10.6 Å². The Balaban J connectivity index is 2.35. The molecular formula is C12H11F5N2O. The first-order chi connectivity index (χ1) is 9.20. The minimum Gasteiger partial charge on any atom is -0.396 e. The van der Waals surface area contributed by atoms with E-state index in [2.05, 4.69) is 0 Å². The highest BCUT2D eigenvalue weighted by Gasteiger charge is 2.42. The summed E-state index contributed by atoms with van der Waals surface area (Å²) in [5.74, 6) is -3.88. The average molecular weight is 294 g/mol. The molecule has 0 saturated heterocycles. The van der Waals surface area contributed by atoms with Gasteiger partial charge in [0.1, 0.15) is 17.9 Å². The molecule has 1 aromatic rings. The fourth-order valence-corrected chi connectivity index (χ4v) is 1.85. The van der Waals surface area contributed by atoms with E-state index in [0.717, 1.165) is 12.1 Å². The first-order valence-electron chi connectivity index (χ1n) is 5.82. The number of anilines is 1. The smallest absolute Gasteiger partial charge is 0.396 e. The van der Waals surface area contributed by atoms with E-state index in [0.29, 0.717) is 17.7 Å². The predicted molar refractivity (Wildman–Crippen MR) is 60.9 cm³/mol. The Morgan fingerprint density at radius 2 is 1.90 bits per heavy atom. The fraction of sp³-hybridized carbons (Fsp3) is 0.417. The Labute approximate surface area is 111 Å². The van der Waals surface area contributed by atoms with Gasteiger partial charge in [-0.2, -0.15) is 13.2 Å². The van der Waals surface area contributed by atoms with Gasteiger partial charge in [0.2, 0.25) is 0 Å². The number of hydrogen-bond donors (Lipinski definition) is 1. The lowest BCUT2D eigenvalue weighted by atomic mass is 10.1. The van der Waals surface area contributed by atoms with Crippen LogP contribution in [0.3, 0.4) is 0 Å². The topological polar surface area (TPSA) is 46.3 Å². The van der Waals surface area contributed by atoms with Crippen molar-refractivity contribution in [3.63, 3.8) is 0 Å². The third-order valence-corrected chi connectivity index (χ3v) is 2.93. The van der Waals surface area contributed by atoms with Crippen molar-refractivity contribution in [1.29, 1.82) is 0 Å². The van der Waals surface area contributed by atoms with Crippen LogP contribution in [-0.2, 0) is 0 Å². The maximum absolute atomic E-state index is 13.7. The van der Waals surface area contributed by atoms with Crippen LogP contribution >= 0.6 is 0 Å². The predicted octanol–water partition coefficient (Wildman–Crippen LogP) is 2.71. The van der Waals surface area contributed by atoms with Crippen molar-refractivity contribution < 1.29 is 26.7 Å². The summed E-state index contributed by atoms with van der Waals surface area (Å²) in [6, 6.07) is 1.03. The lowest BCUT2D eigenvalue weighted by molar-refractivity contribution is -0.141. The molecule has 1 amide bonds. The van der Waals surface area contributed by atoms with Crippen LogP contribution in [0.15, 0.2) is 12.1 Å². The van der Waals surface area contributed by atoms with Crippen LogP contribution in [0.25, 0.3) is 0 Å². The van der Waals surface area contributed by atoms with E-state index in [4.69, 9.17) is 5.73 Å². The zero-order valence-corrected chi connectivity index (χ0v) is 10.2. The molecule has 2 rings (SSSR count). The van der Waals surface area contributed by atoms with Gasteiger partial charge in [-0.15, -0.1) is 0 Å². The molecule has 0 aliphatic heterocycles. The summed E-state index contributed by atoms with van der Waals surface area (Å²) in [6.07, 6.45) is -3.87. The third-order valence-electron chi connectivity index (χ3n) is 2.93. The molecule has 110 valence electrons. The van der Waals surface area contributed by atoms with Crippen molar-refractivity contribution in [3.05, 3.63) is 29.3 Å². The second-order valence-electron chi connectivity index (χ2n) is 4.61. The zero-order chi connectivity index (χ0) is 15.1. The number of nitrogens with zero attached hydrogens (tertiary/aromatic N) is 1. The monoisotopic (exact) mass is 294 g/mol. The minimum atomic E-state index is -4.63. The third kappa shape index (κ3) is 3.00. The Kier molecular flexibility index (Phi) is 3.58. The van der Waals surface area contributed by atoms with Crippen molar-refractivity contribution in [1.82, 2.24) is 4.90 Å². The summed E-state index contributed by atoms with van der Waals surface area (Å²) in [4.78, 5) is 12.4. The highest BCUT2D eigenvalue weighted by Crippen LogP contribution is 2.32. The van der Waals surface area contributed by atoms with E-state index in [1.54, 1.807) is 0 Å². The Bertz CT molecular complexity index is 539. The summed E-state index contributed by atoms with van der Waals surface area (Å²) in [7, 11) is 0. The van der Waals surface area contributed by atoms with Gasteiger partial charge in [-0.05, 0) is 25.0 Å². The van der Waals surface area contributed by atoms with E-state index in [1.165, 1.54) is 0 Å². The standard InChI is InChI=1S/C12H11F5N2O/c13-7-3-4-8(18)10(14)9(7)11(20)19(6-1-2-6)5-12(15,16)17/h3-4,6H,1-2,5,18H2. The lowest BCUT2D eigenvalue weighted by Gasteiger charge is -2.24. The number of nitrogen functional groups attached to an aromatic ring is 1. The van der Waals surface area contributed by atoms with Crippen molar-refractivity contribution >= 4 is 11.6 Å². The second-order valence-corrected chi connectivity index (χ2v) is 4.61. The summed E-state index contributed by atoms with van der Waals surface area (Å²) in [5.41, 5.74) is 3.68. The van der Waals surface area contributed by atoms with E-state index < -0.39 is 47.6 Å². The molecular weight excluding hydrogens is 283 g/mol. The van der Waals surface area contributed by atoms with Crippen molar-refractivity contribution in [3.8, 4) is 0 Å². The molecule has 2 N–H and O–H groups in total. The van der Waals surface area contributed by atoms with Crippen LogP contribution in [0.4, 0.5) is 27.6 Å². The molecule has 20 heavy (non-hydrogen) atoms. The highest BCUT2D eigenvalue weighted by molar-refractivity contribution is 5.96. The zero-order valence-electron chi connectivity index (χ0n) is 10.2. The first kappa shape index (κ1) is 14.5. The second kappa shape index (κ2) is 4.92. The molecule has 0 radical (unpaired) electrons. The summed E-state index contributed by atoms with van der Waals surface area (Å²) in [6.45, 7) is -1.54. The molecule has 0 aromatic heterocycles. The average Bonchev–Trinajstić information content (AvgIpc) is 3.14.